The third-order valence-corrected chi connectivity index (χ3v) is 6.54. The SMILES string of the molecule is CCCCCOC1(c2c(F)c(F)c(F)c(F)c2-c2ccccc2)C=CC(c2ccc(C(=O)O)cc2F)=CC1. The van der Waals surface area contributed by atoms with Crippen LogP contribution >= 0.6 is 0 Å². The number of hydrogen-bond acceptors (Lipinski definition) is 2. The minimum Gasteiger partial charge on any atom is -0.478 e. The summed E-state index contributed by atoms with van der Waals surface area (Å²) in [6.45, 7) is 2.10. The molecule has 0 bridgehead atoms. The fraction of sp³-hybridized carbons (Fsp3) is 0.233. The van der Waals surface area contributed by atoms with E-state index in [1.165, 1.54) is 42.5 Å². The van der Waals surface area contributed by atoms with Gasteiger partial charge >= 0.3 is 5.97 Å². The smallest absolute Gasteiger partial charge is 0.335 e. The first-order valence-corrected chi connectivity index (χ1v) is 12.2. The fourth-order valence-corrected chi connectivity index (χ4v) is 4.58. The molecule has 0 radical (unpaired) electrons. The summed E-state index contributed by atoms with van der Waals surface area (Å²) in [6.07, 6.45) is 6.43. The number of hydrogen-bond donors (Lipinski definition) is 1. The second-order valence-electron chi connectivity index (χ2n) is 9.01. The quantitative estimate of drug-likeness (QED) is 0.132. The summed E-state index contributed by atoms with van der Waals surface area (Å²) < 4.78 is 80.8. The average molecular weight is 529 g/mol. The topological polar surface area (TPSA) is 46.5 Å². The maximum Gasteiger partial charge on any atom is 0.335 e. The molecule has 1 unspecified atom stereocenters. The van der Waals surface area contributed by atoms with Crippen LogP contribution in [-0.2, 0) is 10.3 Å². The summed E-state index contributed by atoms with van der Waals surface area (Å²) in [5.41, 5.74) is -2.34. The van der Waals surface area contributed by atoms with E-state index in [4.69, 9.17) is 9.84 Å². The number of carboxylic acid groups (broad SMARTS) is 1. The Hall–Kier alpha value is -3.78. The summed E-state index contributed by atoms with van der Waals surface area (Å²) in [4.78, 5) is 11.2. The van der Waals surface area contributed by atoms with Crippen LogP contribution in [0.25, 0.3) is 16.7 Å². The van der Waals surface area contributed by atoms with Crippen molar-refractivity contribution in [3.8, 4) is 11.1 Å². The van der Waals surface area contributed by atoms with Crippen LogP contribution in [0.4, 0.5) is 22.0 Å². The Morgan fingerprint density at radius 1 is 0.947 bits per heavy atom. The molecule has 3 nitrogen and oxygen atoms in total. The van der Waals surface area contributed by atoms with Crippen molar-refractivity contribution in [2.45, 2.75) is 38.2 Å². The van der Waals surface area contributed by atoms with Gasteiger partial charge in [0.1, 0.15) is 11.4 Å². The number of halogens is 5. The van der Waals surface area contributed by atoms with Gasteiger partial charge in [0, 0.05) is 29.7 Å². The zero-order chi connectivity index (χ0) is 27.4. The van der Waals surface area contributed by atoms with E-state index in [-0.39, 0.29) is 29.7 Å². The molecule has 1 aliphatic carbocycles. The summed E-state index contributed by atoms with van der Waals surface area (Å²) in [5.74, 6) is -9.06. The van der Waals surface area contributed by atoms with E-state index in [0.717, 1.165) is 18.9 Å². The predicted molar refractivity (Wildman–Crippen MR) is 134 cm³/mol. The Kier molecular flexibility index (Phi) is 8.11. The highest BCUT2D eigenvalue weighted by Gasteiger charge is 2.41. The summed E-state index contributed by atoms with van der Waals surface area (Å²) >= 11 is 0. The standard InChI is InChI=1S/C30H25F5O3/c1-2-3-7-16-38-30(14-12-18(13-15-30)21-11-10-20(29(36)37)17-22(21)31)24-23(19-8-5-4-6-9-19)25(32)27(34)28(35)26(24)33/h4-6,8-14,17H,2-3,7,15-16H2,1H3,(H,36,37). The van der Waals surface area contributed by atoms with Crippen LogP contribution in [0.1, 0.15) is 54.1 Å². The Morgan fingerprint density at radius 2 is 1.66 bits per heavy atom. The van der Waals surface area contributed by atoms with Gasteiger partial charge in [0.15, 0.2) is 23.3 Å². The Balaban J connectivity index is 1.86. The van der Waals surface area contributed by atoms with Gasteiger partial charge in [0.2, 0.25) is 0 Å². The lowest BCUT2D eigenvalue weighted by Crippen LogP contribution is -2.32. The van der Waals surface area contributed by atoms with Gasteiger partial charge in [-0.3, -0.25) is 0 Å². The lowest BCUT2D eigenvalue weighted by Gasteiger charge is -2.35. The van der Waals surface area contributed by atoms with E-state index in [0.29, 0.717) is 12.0 Å². The lowest BCUT2D eigenvalue weighted by molar-refractivity contribution is -0.0155. The molecule has 0 spiro atoms. The van der Waals surface area contributed by atoms with Crippen molar-refractivity contribution in [3.05, 3.63) is 113 Å². The normalized spacial score (nSPS) is 16.9. The lowest BCUT2D eigenvalue weighted by atomic mass is 9.79. The van der Waals surface area contributed by atoms with E-state index >= 15 is 8.78 Å². The third kappa shape index (κ3) is 5.13. The molecule has 0 fully saturated rings. The number of rotatable bonds is 9. The van der Waals surface area contributed by atoms with E-state index in [9.17, 15) is 18.0 Å². The van der Waals surface area contributed by atoms with Crippen LogP contribution in [0.15, 0.2) is 66.8 Å². The molecule has 3 aromatic carbocycles. The van der Waals surface area contributed by atoms with Crippen molar-refractivity contribution in [1.82, 2.24) is 0 Å². The molecule has 0 amide bonds. The molecule has 1 atom stereocenters. The van der Waals surface area contributed by atoms with Crippen LogP contribution in [-0.4, -0.2) is 17.7 Å². The van der Waals surface area contributed by atoms with Crippen LogP contribution in [0, 0.1) is 29.1 Å². The molecule has 0 saturated heterocycles. The van der Waals surface area contributed by atoms with Gasteiger partial charge in [-0.1, -0.05) is 68.3 Å². The van der Waals surface area contributed by atoms with Crippen molar-refractivity contribution in [2.75, 3.05) is 6.61 Å². The molecule has 1 N–H and O–H groups in total. The molecule has 0 heterocycles. The van der Waals surface area contributed by atoms with E-state index in [1.54, 1.807) is 18.2 Å². The van der Waals surface area contributed by atoms with Gasteiger partial charge in [-0.25, -0.2) is 26.7 Å². The highest BCUT2D eigenvalue weighted by molar-refractivity contribution is 5.88. The molecule has 0 aromatic heterocycles. The van der Waals surface area contributed by atoms with Crippen LogP contribution < -0.4 is 0 Å². The van der Waals surface area contributed by atoms with Gasteiger partial charge in [0.25, 0.3) is 0 Å². The number of ether oxygens (including phenoxy) is 1. The monoisotopic (exact) mass is 528 g/mol. The van der Waals surface area contributed by atoms with E-state index in [2.05, 4.69) is 0 Å². The highest BCUT2D eigenvalue weighted by Crippen LogP contribution is 2.46. The van der Waals surface area contributed by atoms with Crippen LogP contribution in [0.2, 0.25) is 0 Å². The Labute approximate surface area is 216 Å². The second-order valence-corrected chi connectivity index (χ2v) is 9.01. The number of benzene rings is 3. The first-order valence-electron chi connectivity index (χ1n) is 12.2. The summed E-state index contributed by atoms with van der Waals surface area (Å²) in [7, 11) is 0. The number of carboxylic acids is 1. The molecule has 38 heavy (non-hydrogen) atoms. The fourth-order valence-electron chi connectivity index (χ4n) is 4.58. The van der Waals surface area contributed by atoms with E-state index in [1.807, 2.05) is 6.92 Å². The van der Waals surface area contributed by atoms with E-state index < -0.39 is 51.8 Å². The molecule has 0 saturated carbocycles. The first-order chi connectivity index (χ1) is 18.2. The zero-order valence-corrected chi connectivity index (χ0v) is 20.5. The average Bonchev–Trinajstić information content (AvgIpc) is 2.92. The summed E-state index contributed by atoms with van der Waals surface area (Å²) in [6, 6.07) is 11.1. The minimum atomic E-state index is -1.95. The molecular formula is C30H25F5O3. The Bertz CT molecular complexity index is 1420. The van der Waals surface area contributed by atoms with Gasteiger partial charge in [0.05, 0.1) is 5.56 Å². The molecule has 8 heteroatoms. The molecule has 3 aromatic rings. The summed E-state index contributed by atoms with van der Waals surface area (Å²) in [5, 5.41) is 9.10. The van der Waals surface area contributed by atoms with Gasteiger partial charge < -0.3 is 9.84 Å². The number of aromatic carboxylic acids is 1. The van der Waals surface area contributed by atoms with Crippen molar-refractivity contribution < 1.29 is 36.6 Å². The van der Waals surface area contributed by atoms with Crippen LogP contribution in [0.3, 0.4) is 0 Å². The first kappa shape index (κ1) is 27.3. The van der Waals surface area contributed by atoms with Crippen molar-refractivity contribution in [1.29, 1.82) is 0 Å². The molecule has 198 valence electrons. The second kappa shape index (κ2) is 11.3. The largest absolute Gasteiger partial charge is 0.478 e. The molecule has 0 aliphatic heterocycles. The van der Waals surface area contributed by atoms with Crippen LogP contribution in [0.5, 0.6) is 0 Å². The van der Waals surface area contributed by atoms with Crippen molar-refractivity contribution in [3.63, 3.8) is 0 Å². The highest BCUT2D eigenvalue weighted by atomic mass is 19.2. The zero-order valence-electron chi connectivity index (χ0n) is 20.5. The van der Waals surface area contributed by atoms with Crippen molar-refractivity contribution >= 4 is 11.5 Å². The molecule has 1 aliphatic rings. The van der Waals surface area contributed by atoms with Gasteiger partial charge in [-0.15, -0.1) is 0 Å². The maximum atomic E-state index is 15.6. The maximum absolute atomic E-state index is 15.6. The third-order valence-electron chi connectivity index (χ3n) is 6.54. The van der Waals surface area contributed by atoms with Gasteiger partial charge in [-0.2, -0.15) is 0 Å². The van der Waals surface area contributed by atoms with Gasteiger partial charge in [-0.05, 0) is 35.8 Å². The number of unbranched alkanes of at least 4 members (excludes halogenated alkanes) is 2. The number of allylic oxidation sites excluding steroid dienone is 2. The van der Waals surface area contributed by atoms with Crippen molar-refractivity contribution in [2.24, 2.45) is 0 Å². The molecule has 4 rings (SSSR count). The predicted octanol–water partition coefficient (Wildman–Crippen LogP) is 8.19. The number of carbonyl (C=O) groups is 1. The molecular weight excluding hydrogens is 503 g/mol. The minimum absolute atomic E-state index is 0.0889. The Morgan fingerprint density at radius 3 is 2.26 bits per heavy atom.